The minimum absolute atomic E-state index is 0.00331. The summed E-state index contributed by atoms with van der Waals surface area (Å²) in [6.07, 6.45) is 2.79. The predicted molar refractivity (Wildman–Crippen MR) is 77.6 cm³/mol. The molecule has 0 aliphatic carbocycles. The van der Waals surface area contributed by atoms with Gasteiger partial charge in [-0.1, -0.05) is 6.92 Å². The fourth-order valence-electron chi connectivity index (χ4n) is 2.51. The van der Waals surface area contributed by atoms with Crippen LogP contribution in [0.15, 0.2) is 12.3 Å². The van der Waals surface area contributed by atoms with Crippen molar-refractivity contribution in [2.75, 3.05) is 26.9 Å². The number of aromatic nitrogens is 1. The number of nitrogen functional groups attached to an aromatic ring is 1. The molecule has 1 aromatic rings. The minimum atomic E-state index is -0.00331. The fourth-order valence-corrected chi connectivity index (χ4v) is 2.51. The van der Waals surface area contributed by atoms with Gasteiger partial charge in [0.2, 0.25) is 0 Å². The first kappa shape index (κ1) is 14.9. The quantitative estimate of drug-likeness (QED) is 0.839. The van der Waals surface area contributed by atoms with Gasteiger partial charge in [0.1, 0.15) is 5.82 Å². The Morgan fingerprint density at radius 3 is 2.50 bits per heavy atom. The number of nitrogens with one attached hydrogen (secondary N) is 1. The van der Waals surface area contributed by atoms with E-state index in [2.05, 4.69) is 50.1 Å². The molecular weight excluding hydrogens is 224 g/mol. The summed E-state index contributed by atoms with van der Waals surface area (Å²) in [5, 5.41) is 3.41. The summed E-state index contributed by atoms with van der Waals surface area (Å²) in [7, 11) is 6.19. The Morgan fingerprint density at radius 1 is 1.50 bits per heavy atom. The van der Waals surface area contributed by atoms with Gasteiger partial charge in [0, 0.05) is 17.3 Å². The lowest BCUT2D eigenvalue weighted by molar-refractivity contribution is 0.117. The molecule has 0 saturated heterocycles. The summed E-state index contributed by atoms with van der Waals surface area (Å²) in [4.78, 5) is 6.49. The number of aryl methyl sites for hydroxylation is 1. The van der Waals surface area contributed by atoms with Crippen molar-refractivity contribution in [1.82, 2.24) is 15.2 Å². The summed E-state index contributed by atoms with van der Waals surface area (Å²) >= 11 is 0. The summed E-state index contributed by atoms with van der Waals surface area (Å²) < 4.78 is 0. The van der Waals surface area contributed by atoms with Gasteiger partial charge in [0.05, 0.1) is 6.04 Å². The van der Waals surface area contributed by atoms with Crippen LogP contribution in [0.1, 0.15) is 37.4 Å². The van der Waals surface area contributed by atoms with E-state index >= 15 is 0 Å². The third kappa shape index (κ3) is 2.49. The maximum Gasteiger partial charge on any atom is 0.128 e. The van der Waals surface area contributed by atoms with Crippen molar-refractivity contribution in [2.45, 2.75) is 38.8 Å². The highest BCUT2D eigenvalue weighted by atomic mass is 15.2. The van der Waals surface area contributed by atoms with Gasteiger partial charge in [-0.05, 0) is 53.0 Å². The van der Waals surface area contributed by atoms with Crippen LogP contribution in [0.4, 0.5) is 5.82 Å². The highest BCUT2D eigenvalue weighted by Crippen LogP contribution is 2.35. The molecule has 1 aromatic heterocycles. The Bertz CT molecular complexity index is 383. The zero-order valence-electron chi connectivity index (χ0n) is 12.4. The number of likely N-dealkylation sites (N-methyl/N-ethyl adjacent to an activating group) is 2. The second kappa shape index (κ2) is 5.67. The molecule has 2 unspecified atom stereocenters. The van der Waals surface area contributed by atoms with Crippen molar-refractivity contribution in [1.29, 1.82) is 0 Å². The zero-order valence-corrected chi connectivity index (χ0v) is 12.4. The summed E-state index contributed by atoms with van der Waals surface area (Å²) in [5.41, 5.74) is 8.37. The van der Waals surface area contributed by atoms with Crippen LogP contribution in [0.2, 0.25) is 0 Å². The van der Waals surface area contributed by atoms with Gasteiger partial charge in [-0.15, -0.1) is 0 Å². The van der Waals surface area contributed by atoms with E-state index in [4.69, 9.17) is 5.73 Å². The largest absolute Gasteiger partial charge is 0.383 e. The third-order valence-electron chi connectivity index (χ3n) is 4.18. The molecule has 0 bridgehead atoms. The molecule has 18 heavy (non-hydrogen) atoms. The van der Waals surface area contributed by atoms with E-state index in [0.717, 1.165) is 12.0 Å². The Balaban J connectivity index is 3.33. The Hall–Kier alpha value is -1.13. The van der Waals surface area contributed by atoms with Gasteiger partial charge >= 0.3 is 0 Å². The van der Waals surface area contributed by atoms with Crippen LogP contribution in [0.25, 0.3) is 0 Å². The smallest absolute Gasteiger partial charge is 0.128 e. The molecule has 0 saturated carbocycles. The first-order chi connectivity index (χ1) is 8.38. The van der Waals surface area contributed by atoms with Crippen molar-refractivity contribution in [3.63, 3.8) is 0 Å². The summed E-state index contributed by atoms with van der Waals surface area (Å²) in [6, 6.07) is 2.17. The van der Waals surface area contributed by atoms with Gasteiger partial charge in [-0.3, -0.25) is 0 Å². The van der Waals surface area contributed by atoms with Gasteiger partial charge in [0.25, 0.3) is 0 Å². The molecule has 0 spiro atoms. The number of nitrogens with two attached hydrogens (primary N) is 1. The molecule has 0 amide bonds. The SMILES string of the molecule is CCC(C)(C(NC)c1c(C)ccnc1N)N(C)C. The highest BCUT2D eigenvalue weighted by molar-refractivity contribution is 5.47. The molecule has 4 heteroatoms. The van der Waals surface area contributed by atoms with Crippen LogP contribution in [0, 0.1) is 6.92 Å². The molecule has 3 N–H and O–H groups in total. The standard InChI is InChI=1S/C14H26N4/c1-7-14(3,18(5)6)12(16-4)11-10(2)8-9-17-13(11)15/h8-9,12,16H,7H2,1-6H3,(H2,15,17). The Labute approximate surface area is 111 Å². The number of pyridine rings is 1. The molecule has 0 aliphatic rings. The average molecular weight is 250 g/mol. The van der Waals surface area contributed by atoms with E-state index in [1.54, 1.807) is 6.20 Å². The van der Waals surface area contributed by atoms with E-state index in [-0.39, 0.29) is 11.6 Å². The lowest BCUT2D eigenvalue weighted by atomic mass is 9.82. The number of hydrogen-bond donors (Lipinski definition) is 2. The van der Waals surface area contributed by atoms with Crippen molar-refractivity contribution >= 4 is 5.82 Å². The molecule has 102 valence electrons. The number of rotatable bonds is 5. The van der Waals surface area contributed by atoms with E-state index in [1.165, 1.54) is 5.56 Å². The molecule has 0 aromatic carbocycles. The van der Waals surface area contributed by atoms with E-state index in [0.29, 0.717) is 5.82 Å². The van der Waals surface area contributed by atoms with E-state index in [1.807, 2.05) is 13.1 Å². The number of anilines is 1. The maximum atomic E-state index is 6.08. The van der Waals surface area contributed by atoms with Crippen LogP contribution >= 0.6 is 0 Å². The lowest BCUT2D eigenvalue weighted by Gasteiger charge is -2.43. The molecule has 0 fully saturated rings. The van der Waals surface area contributed by atoms with Gasteiger partial charge < -0.3 is 16.0 Å². The normalized spacial score (nSPS) is 16.6. The number of hydrogen-bond acceptors (Lipinski definition) is 4. The van der Waals surface area contributed by atoms with Crippen molar-refractivity contribution in [2.24, 2.45) is 0 Å². The summed E-state index contributed by atoms with van der Waals surface area (Å²) in [6.45, 7) is 6.54. The molecule has 1 heterocycles. The van der Waals surface area contributed by atoms with E-state index < -0.39 is 0 Å². The third-order valence-corrected chi connectivity index (χ3v) is 4.18. The van der Waals surface area contributed by atoms with Crippen molar-refractivity contribution < 1.29 is 0 Å². The van der Waals surface area contributed by atoms with Crippen LogP contribution in [0.3, 0.4) is 0 Å². The summed E-state index contributed by atoms with van der Waals surface area (Å²) in [5.74, 6) is 0.621. The first-order valence-electron chi connectivity index (χ1n) is 6.44. The lowest BCUT2D eigenvalue weighted by Crippen LogP contribution is -2.50. The molecule has 0 aliphatic heterocycles. The highest BCUT2D eigenvalue weighted by Gasteiger charge is 2.36. The molecule has 2 atom stereocenters. The molecule has 0 radical (unpaired) electrons. The fraction of sp³-hybridized carbons (Fsp3) is 0.643. The van der Waals surface area contributed by atoms with Crippen molar-refractivity contribution in [3.05, 3.63) is 23.4 Å². The van der Waals surface area contributed by atoms with Crippen molar-refractivity contribution in [3.8, 4) is 0 Å². The van der Waals surface area contributed by atoms with Crippen LogP contribution < -0.4 is 11.1 Å². The van der Waals surface area contributed by atoms with Gasteiger partial charge in [-0.2, -0.15) is 0 Å². The molecule has 1 rings (SSSR count). The van der Waals surface area contributed by atoms with Crippen LogP contribution in [-0.4, -0.2) is 36.6 Å². The maximum absolute atomic E-state index is 6.08. The van der Waals surface area contributed by atoms with E-state index in [9.17, 15) is 0 Å². The second-order valence-electron chi connectivity index (χ2n) is 5.25. The molecule has 4 nitrogen and oxygen atoms in total. The molecular formula is C14H26N4. The van der Waals surface area contributed by atoms with Crippen LogP contribution in [0.5, 0.6) is 0 Å². The number of nitrogens with zero attached hydrogens (tertiary/aromatic N) is 2. The Kier molecular flexibility index (Phi) is 4.71. The first-order valence-corrected chi connectivity index (χ1v) is 6.44. The van der Waals surface area contributed by atoms with Gasteiger partial charge in [-0.25, -0.2) is 4.98 Å². The van der Waals surface area contributed by atoms with Gasteiger partial charge in [0.15, 0.2) is 0 Å². The van der Waals surface area contributed by atoms with Crippen LogP contribution in [-0.2, 0) is 0 Å². The monoisotopic (exact) mass is 250 g/mol. The Morgan fingerprint density at radius 2 is 2.11 bits per heavy atom. The topological polar surface area (TPSA) is 54.2 Å². The average Bonchev–Trinajstić information content (AvgIpc) is 2.32. The zero-order chi connectivity index (χ0) is 13.9. The minimum Gasteiger partial charge on any atom is -0.383 e. The second-order valence-corrected chi connectivity index (χ2v) is 5.25. The predicted octanol–water partition coefficient (Wildman–Crippen LogP) is 1.96.